The number of carbonyl (C=O) groups excluding carboxylic acids is 1. The van der Waals surface area contributed by atoms with Crippen molar-refractivity contribution in [1.82, 2.24) is 9.88 Å². The zero-order valence-corrected chi connectivity index (χ0v) is 19.5. The largest absolute Gasteiger partial charge is 0.484 e. The second-order valence-corrected chi connectivity index (χ2v) is 8.60. The quantitative estimate of drug-likeness (QED) is 0.447. The lowest BCUT2D eigenvalue weighted by Gasteiger charge is -2.24. The lowest BCUT2D eigenvalue weighted by Crippen LogP contribution is -2.41. The molecule has 0 atom stereocenters. The molecule has 1 aromatic heterocycles. The maximum atomic E-state index is 13.1. The number of carbonyl (C=O) groups is 1. The van der Waals surface area contributed by atoms with Crippen LogP contribution in [0.15, 0.2) is 36.4 Å². The molecule has 0 aliphatic rings. The fraction of sp³-hybridized carbons (Fsp3) is 0.391. The summed E-state index contributed by atoms with van der Waals surface area (Å²) in [5.41, 5.74) is 3.04. The van der Waals surface area contributed by atoms with Crippen LogP contribution in [0.1, 0.15) is 25.0 Å². The zero-order chi connectivity index (χ0) is 21.7. The van der Waals surface area contributed by atoms with Crippen molar-refractivity contribution in [2.45, 2.75) is 27.7 Å². The summed E-state index contributed by atoms with van der Waals surface area (Å²) < 4.78 is 6.66. The van der Waals surface area contributed by atoms with Crippen LogP contribution in [0.4, 0.5) is 5.13 Å². The van der Waals surface area contributed by atoms with Crippen LogP contribution in [0.2, 0.25) is 5.02 Å². The molecular weight excluding hydrogens is 418 g/mol. The monoisotopic (exact) mass is 445 g/mol. The van der Waals surface area contributed by atoms with E-state index in [0.29, 0.717) is 22.4 Å². The first-order valence-electron chi connectivity index (χ1n) is 10.2. The SMILES string of the molecule is CCN(CC)CCN(C(=O)COc1ccc(C)cc1)c1nc2c(C)ccc(Cl)c2s1. The predicted molar refractivity (Wildman–Crippen MR) is 126 cm³/mol. The molecule has 0 saturated heterocycles. The normalized spacial score (nSPS) is 11.3. The Bertz CT molecular complexity index is 961. The number of anilines is 1. The maximum absolute atomic E-state index is 13.1. The molecule has 0 spiro atoms. The van der Waals surface area contributed by atoms with E-state index >= 15 is 0 Å². The number of ether oxygens (including phenoxy) is 1. The Kier molecular flexibility index (Phi) is 7.69. The van der Waals surface area contributed by atoms with E-state index in [0.717, 1.165) is 41.0 Å². The summed E-state index contributed by atoms with van der Waals surface area (Å²) in [6.45, 7) is 11.4. The van der Waals surface area contributed by atoms with Gasteiger partial charge in [0.05, 0.1) is 15.2 Å². The van der Waals surface area contributed by atoms with Crippen LogP contribution in [0.5, 0.6) is 5.75 Å². The molecule has 0 fully saturated rings. The highest BCUT2D eigenvalue weighted by Crippen LogP contribution is 2.35. The van der Waals surface area contributed by atoms with Gasteiger partial charge in [-0.2, -0.15) is 0 Å². The number of aromatic nitrogens is 1. The highest BCUT2D eigenvalue weighted by Gasteiger charge is 2.22. The first-order chi connectivity index (χ1) is 14.4. The number of rotatable bonds is 9. The van der Waals surface area contributed by atoms with Crippen LogP contribution in [0.3, 0.4) is 0 Å². The van der Waals surface area contributed by atoms with Gasteiger partial charge in [-0.05, 0) is 50.7 Å². The number of halogens is 1. The van der Waals surface area contributed by atoms with Gasteiger partial charge in [-0.3, -0.25) is 9.69 Å². The molecule has 0 unspecified atom stereocenters. The number of aryl methyl sites for hydroxylation is 2. The van der Waals surface area contributed by atoms with Gasteiger partial charge in [0.15, 0.2) is 11.7 Å². The van der Waals surface area contributed by atoms with Gasteiger partial charge in [0.2, 0.25) is 0 Å². The third kappa shape index (κ3) is 5.31. The van der Waals surface area contributed by atoms with Gasteiger partial charge in [0.1, 0.15) is 5.75 Å². The van der Waals surface area contributed by atoms with Crippen LogP contribution < -0.4 is 9.64 Å². The number of thiazole rings is 1. The third-order valence-electron chi connectivity index (χ3n) is 5.14. The summed E-state index contributed by atoms with van der Waals surface area (Å²) in [7, 11) is 0. The fourth-order valence-electron chi connectivity index (χ4n) is 3.17. The number of benzene rings is 2. The molecule has 1 amide bonds. The molecule has 0 N–H and O–H groups in total. The van der Waals surface area contributed by atoms with Crippen LogP contribution in [-0.2, 0) is 4.79 Å². The Morgan fingerprint density at radius 2 is 1.77 bits per heavy atom. The van der Waals surface area contributed by atoms with E-state index in [2.05, 4.69) is 18.7 Å². The van der Waals surface area contributed by atoms with E-state index in [9.17, 15) is 4.79 Å². The second-order valence-electron chi connectivity index (χ2n) is 7.21. The predicted octanol–water partition coefficient (Wildman–Crippen LogP) is 5.32. The number of hydrogen-bond donors (Lipinski definition) is 0. The lowest BCUT2D eigenvalue weighted by atomic mass is 10.2. The van der Waals surface area contributed by atoms with E-state index < -0.39 is 0 Å². The molecule has 3 rings (SSSR count). The third-order valence-corrected chi connectivity index (χ3v) is 6.67. The van der Waals surface area contributed by atoms with E-state index in [1.54, 1.807) is 4.90 Å². The van der Waals surface area contributed by atoms with Crippen molar-refractivity contribution < 1.29 is 9.53 Å². The van der Waals surface area contributed by atoms with Crippen LogP contribution in [0.25, 0.3) is 10.2 Å². The molecule has 0 saturated carbocycles. The van der Waals surface area contributed by atoms with Gasteiger partial charge in [-0.15, -0.1) is 0 Å². The Balaban J connectivity index is 1.84. The van der Waals surface area contributed by atoms with Crippen molar-refractivity contribution in [3.8, 4) is 5.75 Å². The molecule has 3 aromatic rings. The van der Waals surface area contributed by atoms with Crippen LogP contribution in [-0.4, -0.2) is 48.6 Å². The number of fused-ring (bicyclic) bond motifs is 1. The fourth-order valence-corrected chi connectivity index (χ4v) is 4.53. The molecule has 0 aliphatic heterocycles. The average molecular weight is 446 g/mol. The van der Waals surface area contributed by atoms with E-state index in [4.69, 9.17) is 21.3 Å². The van der Waals surface area contributed by atoms with Crippen LogP contribution >= 0.6 is 22.9 Å². The summed E-state index contributed by atoms with van der Waals surface area (Å²) in [4.78, 5) is 21.9. The number of hydrogen-bond acceptors (Lipinski definition) is 5. The molecule has 5 nitrogen and oxygen atoms in total. The highest BCUT2D eigenvalue weighted by atomic mass is 35.5. The van der Waals surface area contributed by atoms with Gasteiger partial charge < -0.3 is 9.64 Å². The summed E-state index contributed by atoms with van der Waals surface area (Å²) in [5.74, 6) is 0.566. The van der Waals surface area contributed by atoms with Gasteiger partial charge in [0, 0.05) is 13.1 Å². The summed E-state index contributed by atoms with van der Waals surface area (Å²) >= 11 is 7.84. The Hall–Kier alpha value is -2.15. The average Bonchev–Trinajstić information content (AvgIpc) is 3.20. The summed E-state index contributed by atoms with van der Waals surface area (Å²) in [6, 6.07) is 11.5. The molecule has 2 aromatic carbocycles. The Morgan fingerprint density at radius 3 is 2.40 bits per heavy atom. The standard InChI is InChI=1S/C23H28ClN3O2S/c1-5-26(6-2)13-14-27(20(28)15-29-18-10-7-16(3)8-11-18)23-25-21-17(4)9-12-19(24)22(21)30-23/h7-12H,5-6,13-15H2,1-4H3. The molecular formula is C23H28ClN3O2S. The van der Waals surface area contributed by atoms with Gasteiger partial charge in [-0.1, -0.05) is 60.5 Å². The van der Waals surface area contributed by atoms with E-state index in [1.165, 1.54) is 11.3 Å². The van der Waals surface area contributed by atoms with E-state index in [-0.39, 0.29) is 12.5 Å². The Labute approximate surface area is 187 Å². The molecule has 160 valence electrons. The minimum Gasteiger partial charge on any atom is -0.484 e. The van der Waals surface area contributed by atoms with Crippen molar-refractivity contribution in [2.24, 2.45) is 0 Å². The smallest absolute Gasteiger partial charge is 0.266 e. The molecule has 7 heteroatoms. The van der Waals surface area contributed by atoms with Gasteiger partial charge in [-0.25, -0.2) is 4.98 Å². The Morgan fingerprint density at radius 1 is 1.07 bits per heavy atom. The van der Waals surface area contributed by atoms with Crippen molar-refractivity contribution in [1.29, 1.82) is 0 Å². The molecule has 0 radical (unpaired) electrons. The van der Waals surface area contributed by atoms with Crippen molar-refractivity contribution >= 4 is 44.2 Å². The highest BCUT2D eigenvalue weighted by molar-refractivity contribution is 7.23. The molecule has 0 bridgehead atoms. The van der Waals surface area contributed by atoms with Gasteiger partial charge >= 0.3 is 0 Å². The van der Waals surface area contributed by atoms with Crippen molar-refractivity contribution in [2.75, 3.05) is 37.7 Å². The number of likely N-dealkylation sites (N-methyl/N-ethyl adjacent to an activating group) is 1. The van der Waals surface area contributed by atoms with Gasteiger partial charge in [0.25, 0.3) is 5.91 Å². The first kappa shape index (κ1) is 22.5. The first-order valence-corrected chi connectivity index (χ1v) is 11.4. The van der Waals surface area contributed by atoms with E-state index in [1.807, 2.05) is 50.2 Å². The maximum Gasteiger partial charge on any atom is 0.266 e. The minimum absolute atomic E-state index is 0.0377. The van der Waals surface area contributed by atoms with Crippen LogP contribution in [0, 0.1) is 13.8 Å². The summed E-state index contributed by atoms with van der Waals surface area (Å²) in [5, 5.41) is 1.32. The lowest BCUT2D eigenvalue weighted by molar-refractivity contribution is -0.120. The second kappa shape index (κ2) is 10.2. The molecule has 0 aliphatic carbocycles. The number of amides is 1. The molecule has 1 heterocycles. The zero-order valence-electron chi connectivity index (χ0n) is 17.9. The van der Waals surface area contributed by atoms with Crippen molar-refractivity contribution in [3.63, 3.8) is 0 Å². The molecule has 30 heavy (non-hydrogen) atoms. The minimum atomic E-state index is -0.115. The van der Waals surface area contributed by atoms with Crippen molar-refractivity contribution in [3.05, 3.63) is 52.5 Å². The number of nitrogens with zero attached hydrogens (tertiary/aromatic N) is 3. The topological polar surface area (TPSA) is 45.7 Å². The summed E-state index contributed by atoms with van der Waals surface area (Å²) in [6.07, 6.45) is 0.